The Morgan fingerprint density at radius 1 is 1.65 bits per heavy atom. The Morgan fingerprint density at radius 3 is 2.80 bits per heavy atom. The number of aliphatic hydroxyl groups is 1. The first-order valence-electron chi connectivity index (χ1n) is 7.16. The van der Waals surface area contributed by atoms with Gasteiger partial charge in [-0.1, -0.05) is 12.7 Å². The molecule has 0 aliphatic carbocycles. The molecule has 0 aromatic rings. The Kier molecular flexibility index (Phi) is 6.43. The van der Waals surface area contributed by atoms with E-state index in [0.29, 0.717) is 19.3 Å². The Labute approximate surface area is 121 Å². The third kappa shape index (κ3) is 5.88. The summed E-state index contributed by atoms with van der Waals surface area (Å²) in [5.74, 6) is -0.368. The summed E-state index contributed by atoms with van der Waals surface area (Å²) in [4.78, 5) is 11.2. The predicted octanol–water partition coefficient (Wildman–Crippen LogP) is 2.76. The van der Waals surface area contributed by atoms with Gasteiger partial charge in [0.05, 0.1) is 12.2 Å². The van der Waals surface area contributed by atoms with Crippen molar-refractivity contribution in [3.63, 3.8) is 0 Å². The fourth-order valence-electron chi connectivity index (χ4n) is 2.22. The van der Waals surface area contributed by atoms with Crippen molar-refractivity contribution in [2.45, 2.75) is 63.8 Å². The lowest BCUT2D eigenvalue weighted by atomic mass is 9.88. The average molecular weight is 282 g/mol. The van der Waals surface area contributed by atoms with E-state index in [1.54, 1.807) is 6.92 Å². The number of carbonyl (C=O) groups excluding carboxylic acids is 1. The van der Waals surface area contributed by atoms with E-state index in [1.165, 1.54) is 6.92 Å². The minimum absolute atomic E-state index is 0.152. The second-order valence-corrected chi connectivity index (χ2v) is 5.66. The number of hydrogen-bond donors (Lipinski definition) is 1. The van der Waals surface area contributed by atoms with Gasteiger partial charge in [0.1, 0.15) is 12.2 Å². The predicted molar refractivity (Wildman–Crippen MR) is 78.3 cm³/mol. The molecule has 1 N–H and O–H groups in total. The fraction of sp³-hybridized carbons (Fsp3) is 0.688. The Bertz CT molecular complexity index is 355. The van der Waals surface area contributed by atoms with Gasteiger partial charge in [-0.2, -0.15) is 0 Å². The largest absolute Gasteiger partial charge is 0.459 e. The molecule has 114 valence electrons. The normalized spacial score (nSPS) is 21.6. The number of esters is 1. The lowest BCUT2D eigenvalue weighted by Crippen LogP contribution is -2.42. The van der Waals surface area contributed by atoms with Crippen LogP contribution in [0, 0.1) is 0 Å². The number of ether oxygens (including phenoxy) is 2. The second kappa shape index (κ2) is 7.60. The molecule has 3 atom stereocenters. The third-order valence-electron chi connectivity index (χ3n) is 3.61. The van der Waals surface area contributed by atoms with Crippen molar-refractivity contribution >= 4 is 5.97 Å². The van der Waals surface area contributed by atoms with Gasteiger partial charge in [0.2, 0.25) is 0 Å². The molecule has 1 heterocycles. The molecule has 20 heavy (non-hydrogen) atoms. The van der Waals surface area contributed by atoms with Crippen molar-refractivity contribution in [2.24, 2.45) is 0 Å². The summed E-state index contributed by atoms with van der Waals surface area (Å²) in [5, 5.41) is 10.5. The van der Waals surface area contributed by atoms with E-state index in [-0.39, 0.29) is 12.1 Å². The number of carbonyl (C=O) groups is 1. The molecule has 0 saturated carbocycles. The van der Waals surface area contributed by atoms with Crippen LogP contribution in [0.1, 0.15) is 46.0 Å². The highest BCUT2D eigenvalue weighted by atomic mass is 16.6. The van der Waals surface area contributed by atoms with Crippen LogP contribution in [-0.4, -0.2) is 35.5 Å². The van der Waals surface area contributed by atoms with Crippen molar-refractivity contribution in [2.75, 3.05) is 6.61 Å². The SMILES string of the molecule is C=CCCC[C@](C)(O)[C@@H](CCC(=C)C1CO1)OC(C)=O. The zero-order valence-electron chi connectivity index (χ0n) is 12.6. The molecule has 0 spiro atoms. The number of allylic oxidation sites excluding steroid dienone is 1. The van der Waals surface area contributed by atoms with Gasteiger partial charge >= 0.3 is 5.97 Å². The average Bonchev–Trinajstić information content (AvgIpc) is 3.17. The summed E-state index contributed by atoms with van der Waals surface area (Å²) in [6.45, 7) is 11.4. The molecule has 4 heteroatoms. The third-order valence-corrected chi connectivity index (χ3v) is 3.61. The first kappa shape index (κ1) is 16.9. The van der Waals surface area contributed by atoms with Crippen LogP contribution in [0.15, 0.2) is 24.8 Å². The van der Waals surface area contributed by atoms with Crippen LogP contribution in [0.2, 0.25) is 0 Å². The van der Waals surface area contributed by atoms with E-state index in [4.69, 9.17) is 9.47 Å². The molecule has 1 fully saturated rings. The quantitative estimate of drug-likeness (QED) is 0.290. The van der Waals surface area contributed by atoms with Crippen molar-refractivity contribution in [3.8, 4) is 0 Å². The molecule has 1 rings (SSSR count). The van der Waals surface area contributed by atoms with Gasteiger partial charge in [-0.25, -0.2) is 0 Å². The zero-order valence-corrected chi connectivity index (χ0v) is 12.6. The highest BCUT2D eigenvalue weighted by Crippen LogP contribution is 2.28. The molecule has 0 aromatic heterocycles. The minimum atomic E-state index is -1.03. The summed E-state index contributed by atoms with van der Waals surface area (Å²) in [6, 6.07) is 0. The second-order valence-electron chi connectivity index (χ2n) is 5.66. The molecule has 1 aliphatic rings. The van der Waals surface area contributed by atoms with Gasteiger partial charge in [-0.3, -0.25) is 4.79 Å². The van der Waals surface area contributed by atoms with E-state index in [2.05, 4.69) is 13.2 Å². The maximum Gasteiger partial charge on any atom is 0.303 e. The van der Waals surface area contributed by atoms with Gasteiger partial charge in [-0.15, -0.1) is 6.58 Å². The van der Waals surface area contributed by atoms with Crippen LogP contribution in [0.3, 0.4) is 0 Å². The van der Waals surface area contributed by atoms with E-state index in [9.17, 15) is 9.90 Å². The van der Waals surface area contributed by atoms with E-state index < -0.39 is 11.7 Å². The molecule has 0 bridgehead atoms. The van der Waals surface area contributed by atoms with Crippen LogP contribution in [0.5, 0.6) is 0 Å². The molecule has 1 saturated heterocycles. The molecule has 1 aliphatic heterocycles. The molecule has 1 unspecified atom stereocenters. The number of rotatable bonds is 10. The molecule has 0 radical (unpaired) electrons. The Morgan fingerprint density at radius 2 is 2.30 bits per heavy atom. The maximum atomic E-state index is 11.2. The van der Waals surface area contributed by atoms with Crippen LogP contribution >= 0.6 is 0 Å². The highest BCUT2D eigenvalue weighted by molar-refractivity contribution is 5.66. The van der Waals surface area contributed by atoms with Gasteiger partial charge in [0.25, 0.3) is 0 Å². The first-order valence-corrected chi connectivity index (χ1v) is 7.16. The van der Waals surface area contributed by atoms with E-state index >= 15 is 0 Å². The minimum Gasteiger partial charge on any atom is -0.459 e. The Balaban J connectivity index is 2.53. The molecular formula is C16H26O4. The molecular weight excluding hydrogens is 256 g/mol. The smallest absolute Gasteiger partial charge is 0.303 e. The van der Waals surface area contributed by atoms with Crippen molar-refractivity contribution in [3.05, 3.63) is 24.8 Å². The van der Waals surface area contributed by atoms with Crippen molar-refractivity contribution in [1.29, 1.82) is 0 Å². The Hall–Kier alpha value is -1.13. The maximum absolute atomic E-state index is 11.2. The van der Waals surface area contributed by atoms with Gasteiger partial charge in [0.15, 0.2) is 0 Å². The molecule has 0 aromatic carbocycles. The summed E-state index contributed by atoms with van der Waals surface area (Å²) in [7, 11) is 0. The van der Waals surface area contributed by atoms with Crippen LogP contribution in [0.25, 0.3) is 0 Å². The standard InChI is InChI=1S/C16H26O4/c1-5-6-7-10-16(4,18)15(20-13(3)17)9-8-12(2)14-11-19-14/h5,14-15,18H,1-2,6-11H2,3-4H3/t14?,15-,16+/m1/s1. The zero-order chi connectivity index (χ0) is 15.2. The topological polar surface area (TPSA) is 59.1 Å². The van der Waals surface area contributed by atoms with E-state index in [0.717, 1.165) is 25.0 Å². The fourth-order valence-corrected chi connectivity index (χ4v) is 2.22. The van der Waals surface area contributed by atoms with Crippen molar-refractivity contribution < 1.29 is 19.4 Å². The lowest BCUT2D eigenvalue weighted by Gasteiger charge is -2.32. The van der Waals surface area contributed by atoms with Crippen LogP contribution in [0.4, 0.5) is 0 Å². The highest BCUT2D eigenvalue weighted by Gasteiger charge is 2.35. The summed E-state index contributed by atoms with van der Waals surface area (Å²) < 4.78 is 10.5. The van der Waals surface area contributed by atoms with Crippen molar-refractivity contribution in [1.82, 2.24) is 0 Å². The summed E-state index contributed by atoms with van der Waals surface area (Å²) >= 11 is 0. The van der Waals surface area contributed by atoms with Crippen LogP contribution in [-0.2, 0) is 14.3 Å². The van der Waals surface area contributed by atoms with Crippen LogP contribution < -0.4 is 0 Å². The number of hydrogen-bond acceptors (Lipinski definition) is 4. The lowest BCUT2D eigenvalue weighted by molar-refractivity contribution is -0.162. The van der Waals surface area contributed by atoms with Gasteiger partial charge in [-0.05, 0) is 44.6 Å². The van der Waals surface area contributed by atoms with E-state index in [1.807, 2.05) is 6.08 Å². The summed E-state index contributed by atoms with van der Waals surface area (Å²) in [6.07, 6.45) is 4.96. The molecule has 0 amide bonds. The van der Waals surface area contributed by atoms with Gasteiger partial charge in [0, 0.05) is 6.92 Å². The monoisotopic (exact) mass is 282 g/mol. The van der Waals surface area contributed by atoms with Gasteiger partial charge < -0.3 is 14.6 Å². The number of unbranched alkanes of at least 4 members (excludes halogenated alkanes) is 1. The number of epoxide rings is 1. The summed E-state index contributed by atoms with van der Waals surface area (Å²) in [5.41, 5.74) is -0.0247. The first-order chi connectivity index (χ1) is 9.36. The molecule has 4 nitrogen and oxygen atoms in total.